The van der Waals surface area contributed by atoms with Crippen LogP contribution in [0, 0.1) is 10.1 Å². The van der Waals surface area contributed by atoms with Gasteiger partial charge in [0.25, 0.3) is 5.96 Å². The molecule has 0 aliphatic carbocycles. The van der Waals surface area contributed by atoms with Gasteiger partial charge in [0.05, 0.1) is 13.3 Å². The number of nitrogens with zero attached hydrogens (tertiary/aromatic N) is 2. The molecule has 0 aromatic rings. The summed E-state index contributed by atoms with van der Waals surface area (Å²) in [6.45, 7) is 0.999. The summed E-state index contributed by atoms with van der Waals surface area (Å²) >= 11 is 0. The summed E-state index contributed by atoms with van der Waals surface area (Å²) < 4.78 is 0. The quantitative estimate of drug-likeness (QED) is 0.300. The average Bonchev–Trinajstić information content (AvgIpc) is 1.88. The fourth-order valence-corrected chi connectivity index (χ4v) is 0.570. The molecule has 1 heterocycles. The topological polar surface area (TPSA) is 91.6 Å². The molecule has 10 heavy (non-hydrogen) atoms. The molecule has 1 saturated heterocycles. The first kappa shape index (κ1) is 6.75. The molecular formula is C3H7N5O2. The molecule has 0 saturated carbocycles. The van der Waals surface area contributed by atoms with Gasteiger partial charge in [-0.05, 0) is 0 Å². The summed E-state index contributed by atoms with van der Waals surface area (Å²) in [5.74, 6) is 0.198. The van der Waals surface area contributed by atoms with E-state index in [0.717, 1.165) is 0 Å². The molecule has 0 bridgehead atoms. The van der Waals surface area contributed by atoms with E-state index in [1.807, 2.05) is 0 Å². The standard InChI is InChI=1S/C3H7N5O2/c9-8(10)7-3-5-1-4-2-6-3/h4H,1-2H2,(H2,5,6,7). The molecule has 0 radical (unpaired) electrons. The number of rotatable bonds is 1. The zero-order valence-corrected chi connectivity index (χ0v) is 5.13. The normalized spacial score (nSPS) is 17.0. The molecule has 7 heteroatoms. The van der Waals surface area contributed by atoms with Crippen molar-refractivity contribution in [2.24, 2.45) is 5.10 Å². The van der Waals surface area contributed by atoms with E-state index in [1.54, 1.807) is 0 Å². The van der Waals surface area contributed by atoms with Gasteiger partial charge in [-0.3, -0.25) is 5.32 Å². The summed E-state index contributed by atoms with van der Waals surface area (Å²) in [5, 5.41) is 20.2. The molecule has 7 nitrogen and oxygen atoms in total. The molecule has 0 aromatic carbocycles. The van der Waals surface area contributed by atoms with Crippen molar-refractivity contribution in [2.45, 2.75) is 0 Å². The third-order valence-electron chi connectivity index (χ3n) is 0.943. The summed E-state index contributed by atoms with van der Waals surface area (Å²) in [5.41, 5.74) is 0. The van der Waals surface area contributed by atoms with Crippen LogP contribution in [0.2, 0.25) is 0 Å². The van der Waals surface area contributed by atoms with Crippen LogP contribution in [0.15, 0.2) is 5.10 Å². The van der Waals surface area contributed by atoms with Crippen LogP contribution in [0.5, 0.6) is 0 Å². The van der Waals surface area contributed by atoms with E-state index < -0.39 is 5.03 Å². The highest BCUT2D eigenvalue weighted by Crippen LogP contribution is 1.74. The molecule has 0 atom stereocenters. The number of hydrogen-bond donors (Lipinski definition) is 3. The Balaban J connectivity index is 2.45. The number of guanidine groups is 1. The first-order chi connectivity index (χ1) is 4.79. The number of hydrazone groups is 1. The third kappa shape index (κ3) is 1.86. The van der Waals surface area contributed by atoms with Gasteiger partial charge < -0.3 is 10.6 Å². The molecule has 1 rings (SSSR count). The van der Waals surface area contributed by atoms with Crippen molar-refractivity contribution in [1.29, 1.82) is 0 Å². The predicted octanol–water partition coefficient (Wildman–Crippen LogP) is -1.77. The van der Waals surface area contributed by atoms with Crippen LogP contribution >= 0.6 is 0 Å². The maximum Gasteiger partial charge on any atom is 0.270 e. The molecular weight excluding hydrogens is 138 g/mol. The van der Waals surface area contributed by atoms with E-state index in [4.69, 9.17) is 0 Å². The number of hydrogen-bond acceptors (Lipinski definition) is 3. The molecule has 0 unspecified atom stereocenters. The second-order valence-corrected chi connectivity index (χ2v) is 1.64. The molecule has 3 N–H and O–H groups in total. The lowest BCUT2D eigenvalue weighted by Crippen LogP contribution is -2.52. The van der Waals surface area contributed by atoms with Gasteiger partial charge in [-0.2, -0.15) is 0 Å². The summed E-state index contributed by atoms with van der Waals surface area (Å²) in [6.07, 6.45) is 0. The SMILES string of the molecule is O=[N+]([O-])N=C1NCNCN1. The van der Waals surface area contributed by atoms with Crippen LogP contribution in [0.25, 0.3) is 0 Å². The van der Waals surface area contributed by atoms with E-state index in [1.165, 1.54) is 0 Å². The van der Waals surface area contributed by atoms with Gasteiger partial charge in [0, 0.05) is 0 Å². The maximum atomic E-state index is 9.79. The molecule has 0 amide bonds. The molecule has 1 aliphatic heterocycles. The predicted molar refractivity (Wildman–Crippen MR) is 33.6 cm³/mol. The maximum absolute atomic E-state index is 9.79. The fourth-order valence-electron chi connectivity index (χ4n) is 0.570. The van der Waals surface area contributed by atoms with Gasteiger partial charge in [0.2, 0.25) is 0 Å². The second kappa shape index (κ2) is 2.97. The van der Waals surface area contributed by atoms with Crippen molar-refractivity contribution in [3.63, 3.8) is 0 Å². The van der Waals surface area contributed by atoms with Crippen molar-refractivity contribution in [2.75, 3.05) is 13.3 Å². The van der Waals surface area contributed by atoms with Crippen molar-refractivity contribution in [1.82, 2.24) is 16.0 Å². The minimum Gasteiger partial charge on any atom is -0.338 e. The van der Waals surface area contributed by atoms with Crippen molar-refractivity contribution in [3.8, 4) is 0 Å². The van der Waals surface area contributed by atoms with E-state index in [0.29, 0.717) is 13.3 Å². The zero-order valence-electron chi connectivity index (χ0n) is 5.13. The highest BCUT2D eigenvalue weighted by Gasteiger charge is 2.06. The van der Waals surface area contributed by atoms with Crippen molar-refractivity contribution >= 4 is 5.96 Å². The molecule has 1 fully saturated rings. The average molecular weight is 145 g/mol. The van der Waals surface area contributed by atoms with Crippen LogP contribution in [-0.4, -0.2) is 24.3 Å². The lowest BCUT2D eigenvalue weighted by Gasteiger charge is -2.15. The Kier molecular flexibility index (Phi) is 2.00. The van der Waals surface area contributed by atoms with Crippen LogP contribution in [0.4, 0.5) is 0 Å². The van der Waals surface area contributed by atoms with Gasteiger partial charge in [0.1, 0.15) is 5.10 Å². The number of nitrogens with one attached hydrogen (secondary N) is 3. The summed E-state index contributed by atoms with van der Waals surface area (Å²) in [6, 6.07) is 0. The first-order valence-corrected chi connectivity index (χ1v) is 2.70. The third-order valence-corrected chi connectivity index (χ3v) is 0.943. The van der Waals surface area contributed by atoms with Gasteiger partial charge in [-0.1, -0.05) is 0 Å². The Bertz CT molecular complexity index is 158. The second-order valence-electron chi connectivity index (χ2n) is 1.64. The van der Waals surface area contributed by atoms with E-state index in [2.05, 4.69) is 21.1 Å². The van der Waals surface area contributed by atoms with Crippen molar-refractivity contribution < 1.29 is 5.03 Å². The van der Waals surface area contributed by atoms with Gasteiger partial charge in [-0.25, -0.2) is 10.1 Å². The highest BCUT2D eigenvalue weighted by molar-refractivity contribution is 5.79. The van der Waals surface area contributed by atoms with E-state index >= 15 is 0 Å². The summed E-state index contributed by atoms with van der Waals surface area (Å²) in [7, 11) is 0. The molecule has 0 aromatic heterocycles. The number of nitro groups is 1. The minimum absolute atomic E-state index is 0.198. The van der Waals surface area contributed by atoms with Gasteiger partial charge >= 0.3 is 0 Å². The van der Waals surface area contributed by atoms with E-state index in [9.17, 15) is 10.1 Å². The lowest BCUT2D eigenvalue weighted by molar-refractivity contribution is -0.485. The largest absolute Gasteiger partial charge is 0.338 e. The van der Waals surface area contributed by atoms with Crippen LogP contribution in [-0.2, 0) is 0 Å². The molecule has 56 valence electrons. The Hall–Kier alpha value is -1.37. The fraction of sp³-hybridized carbons (Fsp3) is 0.667. The lowest BCUT2D eigenvalue weighted by atomic mass is 10.7. The van der Waals surface area contributed by atoms with Crippen LogP contribution < -0.4 is 16.0 Å². The molecule has 1 aliphatic rings. The Morgan fingerprint density at radius 3 is 2.60 bits per heavy atom. The summed E-state index contributed by atoms with van der Waals surface area (Å²) in [4.78, 5) is 9.79. The monoisotopic (exact) mass is 145 g/mol. The first-order valence-electron chi connectivity index (χ1n) is 2.70. The molecule has 0 spiro atoms. The van der Waals surface area contributed by atoms with Gasteiger partial charge in [-0.15, -0.1) is 0 Å². The Morgan fingerprint density at radius 2 is 2.10 bits per heavy atom. The Morgan fingerprint density at radius 1 is 1.50 bits per heavy atom. The van der Waals surface area contributed by atoms with E-state index in [-0.39, 0.29) is 5.96 Å². The highest BCUT2D eigenvalue weighted by atomic mass is 16.7. The van der Waals surface area contributed by atoms with Gasteiger partial charge in [0.15, 0.2) is 5.03 Å². The van der Waals surface area contributed by atoms with Crippen molar-refractivity contribution in [3.05, 3.63) is 10.1 Å². The Labute approximate surface area is 56.6 Å². The van der Waals surface area contributed by atoms with Crippen LogP contribution in [0.3, 0.4) is 0 Å². The smallest absolute Gasteiger partial charge is 0.270 e. The minimum atomic E-state index is -0.749. The van der Waals surface area contributed by atoms with Crippen LogP contribution in [0.1, 0.15) is 0 Å². The zero-order chi connectivity index (χ0) is 7.40.